The fourth-order valence-electron chi connectivity index (χ4n) is 2.75. The SMILES string of the molecule is CCc1csc(CNC(=O)c2ccc(N3CCC(CO)C3)nc2)n1. The zero-order valence-electron chi connectivity index (χ0n) is 13.7. The first-order chi connectivity index (χ1) is 11.7. The van der Waals surface area contributed by atoms with Crippen molar-refractivity contribution in [2.45, 2.75) is 26.3 Å². The molecule has 1 aliphatic heterocycles. The van der Waals surface area contributed by atoms with Crippen LogP contribution < -0.4 is 10.2 Å². The van der Waals surface area contributed by atoms with Gasteiger partial charge in [0.25, 0.3) is 5.91 Å². The molecule has 1 amide bonds. The van der Waals surface area contributed by atoms with Crippen LogP contribution in [0.15, 0.2) is 23.7 Å². The minimum absolute atomic E-state index is 0.142. The maximum Gasteiger partial charge on any atom is 0.253 e. The summed E-state index contributed by atoms with van der Waals surface area (Å²) < 4.78 is 0. The third-order valence-corrected chi connectivity index (χ3v) is 5.14. The molecule has 7 heteroatoms. The highest BCUT2D eigenvalue weighted by molar-refractivity contribution is 7.09. The number of hydrogen-bond donors (Lipinski definition) is 2. The van der Waals surface area contributed by atoms with E-state index in [0.717, 1.165) is 42.5 Å². The van der Waals surface area contributed by atoms with Gasteiger partial charge in [-0.3, -0.25) is 4.79 Å². The standard InChI is InChI=1S/C17H22N4O2S/c1-2-14-11-24-16(20-14)8-19-17(23)13-3-4-15(18-7-13)21-6-5-12(9-21)10-22/h3-4,7,11-12,22H,2,5-6,8-10H2,1H3,(H,19,23). The number of hydrogen-bond acceptors (Lipinski definition) is 6. The van der Waals surface area contributed by atoms with E-state index in [4.69, 9.17) is 0 Å². The number of nitrogens with zero attached hydrogens (tertiary/aromatic N) is 3. The second kappa shape index (κ2) is 7.72. The second-order valence-corrected chi connectivity index (χ2v) is 6.90. The van der Waals surface area contributed by atoms with Crippen molar-refractivity contribution in [3.05, 3.63) is 40.0 Å². The Morgan fingerprint density at radius 1 is 1.50 bits per heavy atom. The summed E-state index contributed by atoms with van der Waals surface area (Å²) in [4.78, 5) is 23.2. The molecule has 128 valence electrons. The van der Waals surface area contributed by atoms with Crippen LogP contribution in [0.5, 0.6) is 0 Å². The Morgan fingerprint density at radius 3 is 3.00 bits per heavy atom. The van der Waals surface area contributed by atoms with Crippen molar-refractivity contribution in [2.75, 3.05) is 24.6 Å². The van der Waals surface area contributed by atoms with Crippen LogP contribution in [0.2, 0.25) is 0 Å². The molecule has 0 spiro atoms. The van der Waals surface area contributed by atoms with E-state index >= 15 is 0 Å². The molecule has 1 aliphatic rings. The summed E-state index contributed by atoms with van der Waals surface area (Å²) in [6.07, 6.45) is 3.49. The van der Waals surface area contributed by atoms with Gasteiger partial charge in [-0.2, -0.15) is 0 Å². The van der Waals surface area contributed by atoms with Gasteiger partial charge in [-0.15, -0.1) is 11.3 Å². The second-order valence-electron chi connectivity index (χ2n) is 5.96. The fraction of sp³-hybridized carbons (Fsp3) is 0.471. The molecule has 1 atom stereocenters. The Labute approximate surface area is 145 Å². The third-order valence-electron chi connectivity index (χ3n) is 4.24. The average Bonchev–Trinajstić information content (AvgIpc) is 3.29. The summed E-state index contributed by atoms with van der Waals surface area (Å²) >= 11 is 1.56. The van der Waals surface area contributed by atoms with Crippen molar-refractivity contribution in [1.29, 1.82) is 0 Å². The smallest absolute Gasteiger partial charge is 0.253 e. The summed E-state index contributed by atoms with van der Waals surface area (Å²) in [6, 6.07) is 3.66. The topological polar surface area (TPSA) is 78.4 Å². The fourth-order valence-corrected chi connectivity index (χ4v) is 3.56. The summed E-state index contributed by atoms with van der Waals surface area (Å²) in [5.74, 6) is 1.04. The highest BCUT2D eigenvalue weighted by Gasteiger charge is 2.22. The monoisotopic (exact) mass is 346 g/mol. The maximum absolute atomic E-state index is 12.2. The molecule has 24 heavy (non-hydrogen) atoms. The predicted octanol–water partition coefficient (Wildman–Crippen LogP) is 1.85. The molecule has 0 aliphatic carbocycles. The third kappa shape index (κ3) is 3.91. The van der Waals surface area contributed by atoms with E-state index in [0.29, 0.717) is 18.0 Å². The van der Waals surface area contributed by atoms with E-state index in [1.54, 1.807) is 23.6 Å². The van der Waals surface area contributed by atoms with E-state index in [9.17, 15) is 9.90 Å². The van der Waals surface area contributed by atoms with Crippen LogP contribution in [-0.4, -0.2) is 40.7 Å². The average molecular weight is 346 g/mol. The van der Waals surface area contributed by atoms with E-state index < -0.39 is 0 Å². The highest BCUT2D eigenvalue weighted by atomic mass is 32.1. The number of aliphatic hydroxyl groups is 1. The number of carbonyl (C=O) groups is 1. The number of nitrogens with one attached hydrogen (secondary N) is 1. The van der Waals surface area contributed by atoms with Crippen molar-refractivity contribution >= 4 is 23.1 Å². The summed E-state index contributed by atoms with van der Waals surface area (Å²) in [7, 11) is 0. The van der Waals surface area contributed by atoms with Crippen molar-refractivity contribution in [3.63, 3.8) is 0 Å². The maximum atomic E-state index is 12.2. The molecular weight excluding hydrogens is 324 g/mol. The molecule has 1 unspecified atom stereocenters. The minimum atomic E-state index is -0.142. The van der Waals surface area contributed by atoms with E-state index in [1.807, 2.05) is 11.4 Å². The molecule has 0 radical (unpaired) electrons. The molecule has 6 nitrogen and oxygen atoms in total. The van der Waals surface area contributed by atoms with Crippen LogP contribution in [0, 0.1) is 5.92 Å². The Hall–Kier alpha value is -1.99. The summed E-state index contributed by atoms with van der Waals surface area (Å²) in [6.45, 7) is 4.43. The number of aromatic nitrogens is 2. The lowest BCUT2D eigenvalue weighted by Gasteiger charge is -2.17. The molecule has 2 N–H and O–H groups in total. The number of amides is 1. The van der Waals surface area contributed by atoms with Crippen molar-refractivity contribution in [3.8, 4) is 0 Å². The normalized spacial score (nSPS) is 17.2. The number of carbonyl (C=O) groups excluding carboxylic acids is 1. The molecular formula is C17H22N4O2S. The Bertz CT molecular complexity index is 686. The zero-order valence-corrected chi connectivity index (χ0v) is 14.6. The van der Waals surface area contributed by atoms with Gasteiger partial charge in [0.1, 0.15) is 10.8 Å². The lowest BCUT2D eigenvalue weighted by atomic mass is 10.1. The molecule has 2 aromatic heterocycles. The van der Waals surface area contributed by atoms with Gasteiger partial charge in [0.05, 0.1) is 17.8 Å². The molecule has 3 heterocycles. The predicted molar refractivity (Wildman–Crippen MR) is 94.3 cm³/mol. The van der Waals surface area contributed by atoms with Gasteiger partial charge >= 0.3 is 0 Å². The van der Waals surface area contributed by atoms with Crippen LogP contribution in [0.4, 0.5) is 5.82 Å². The van der Waals surface area contributed by atoms with Gasteiger partial charge in [-0.1, -0.05) is 6.92 Å². The number of aliphatic hydroxyl groups excluding tert-OH is 1. The Kier molecular flexibility index (Phi) is 5.42. The summed E-state index contributed by atoms with van der Waals surface area (Å²) in [5.41, 5.74) is 1.60. The molecule has 1 fully saturated rings. The summed E-state index contributed by atoms with van der Waals surface area (Å²) in [5, 5.41) is 15.0. The lowest BCUT2D eigenvalue weighted by Crippen LogP contribution is -2.24. The van der Waals surface area contributed by atoms with Gasteiger partial charge in [-0.05, 0) is 25.0 Å². The zero-order chi connectivity index (χ0) is 16.9. The van der Waals surface area contributed by atoms with Gasteiger partial charge in [0, 0.05) is 37.2 Å². The quantitative estimate of drug-likeness (QED) is 0.835. The van der Waals surface area contributed by atoms with Crippen molar-refractivity contribution in [1.82, 2.24) is 15.3 Å². The number of pyridine rings is 1. The van der Waals surface area contributed by atoms with Crippen LogP contribution >= 0.6 is 11.3 Å². The van der Waals surface area contributed by atoms with Crippen LogP contribution in [0.3, 0.4) is 0 Å². The highest BCUT2D eigenvalue weighted by Crippen LogP contribution is 2.21. The Balaban J connectivity index is 1.55. The van der Waals surface area contributed by atoms with Crippen molar-refractivity contribution < 1.29 is 9.90 Å². The molecule has 2 aromatic rings. The first-order valence-electron chi connectivity index (χ1n) is 8.23. The number of thiazole rings is 1. The first-order valence-corrected chi connectivity index (χ1v) is 9.11. The molecule has 0 aromatic carbocycles. The van der Waals surface area contributed by atoms with Crippen LogP contribution in [0.1, 0.15) is 34.4 Å². The van der Waals surface area contributed by atoms with Gasteiger partial charge in [0.2, 0.25) is 0 Å². The first kappa shape index (κ1) is 16.9. The number of anilines is 1. The van der Waals surface area contributed by atoms with E-state index in [1.165, 1.54) is 0 Å². The van der Waals surface area contributed by atoms with E-state index in [2.05, 4.69) is 27.1 Å². The Morgan fingerprint density at radius 2 is 2.38 bits per heavy atom. The molecule has 0 saturated carbocycles. The molecule has 1 saturated heterocycles. The molecule has 3 rings (SSSR count). The van der Waals surface area contributed by atoms with Gasteiger partial charge < -0.3 is 15.3 Å². The van der Waals surface area contributed by atoms with Crippen LogP contribution in [-0.2, 0) is 13.0 Å². The van der Waals surface area contributed by atoms with Gasteiger partial charge in [0.15, 0.2) is 0 Å². The lowest BCUT2D eigenvalue weighted by molar-refractivity contribution is 0.0950. The van der Waals surface area contributed by atoms with Crippen LogP contribution in [0.25, 0.3) is 0 Å². The van der Waals surface area contributed by atoms with Crippen molar-refractivity contribution in [2.24, 2.45) is 5.92 Å². The van der Waals surface area contributed by atoms with E-state index in [-0.39, 0.29) is 12.5 Å². The largest absolute Gasteiger partial charge is 0.396 e. The number of aryl methyl sites for hydroxylation is 1. The number of rotatable bonds is 6. The molecule has 0 bridgehead atoms. The van der Waals surface area contributed by atoms with Gasteiger partial charge in [-0.25, -0.2) is 9.97 Å². The minimum Gasteiger partial charge on any atom is -0.396 e.